The maximum absolute atomic E-state index is 12.6. The van der Waals surface area contributed by atoms with E-state index in [9.17, 15) is 14.4 Å². The minimum Gasteiger partial charge on any atom is -0.465 e. The molecule has 3 rings (SSSR count). The number of hydrogen-bond acceptors (Lipinski definition) is 6. The van der Waals surface area contributed by atoms with Crippen molar-refractivity contribution in [2.24, 2.45) is 0 Å². The van der Waals surface area contributed by atoms with Gasteiger partial charge < -0.3 is 10.5 Å². The third kappa shape index (κ3) is 1.90. The third-order valence-corrected chi connectivity index (χ3v) is 4.48. The maximum atomic E-state index is 12.6. The van der Waals surface area contributed by atoms with Gasteiger partial charge in [-0.3, -0.25) is 9.59 Å². The highest BCUT2D eigenvalue weighted by Gasteiger charge is 2.41. The second-order valence-corrected chi connectivity index (χ2v) is 5.78. The summed E-state index contributed by atoms with van der Waals surface area (Å²) in [6, 6.07) is 4.42. The van der Waals surface area contributed by atoms with Gasteiger partial charge in [0, 0.05) is 5.69 Å². The quantitative estimate of drug-likeness (QED) is 0.517. The lowest BCUT2D eigenvalue weighted by Crippen LogP contribution is -2.30. The summed E-state index contributed by atoms with van der Waals surface area (Å²) in [5, 5.41) is 1.73. The number of rotatable bonds is 2. The lowest BCUT2D eigenvalue weighted by Gasteiger charge is -2.13. The van der Waals surface area contributed by atoms with Gasteiger partial charge in [0.2, 0.25) is 0 Å². The molecule has 0 aliphatic carbocycles. The number of benzene rings is 1. The van der Waals surface area contributed by atoms with Gasteiger partial charge in [-0.1, -0.05) is 11.6 Å². The normalized spacial score (nSPS) is 13.5. The summed E-state index contributed by atoms with van der Waals surface area (Å²) in [5.41, 5.74) is 6.22. The van der Waals surface area contributed by atoms with Gasteiger partial charge in [-0.25, -0.2) is 9.69 Å². The molecular formula is C14H9ClN2O4S. The Labute approximate surface area is 134 Å². The molecule has 1 aromatic heterocycles. The molecule has 0 bridgehead atoms. The predicted octanol–water partition coefficient (Wildman–Crippen LogP) is 2.57. The Bertz CT molecular complexity index is 789. The van der Waals surface area contributed by atoms with Crippen molar-refractivity contribution in [3.63, 3.8) is 0 Å². The zero-order valence-corrected chi connectivity index (χ0v) is 12.8. The van der Waals surface area contributed by atoms with Crippen LogP contribution in [0.25, 0.3) is 0 Å². The fourth-order valence-electron chi connectivity index (χ4n) is 2.29. The van der Waals surface area contributed by atoms with E-state index in [2.05, 4.69) is 4.74 Å². The minimum atomic E-state index is -0.624. The Kier molecular flexibility index (Phi) is 3.38. The molecule has 0 atom stereocenters. The number of methoxy groups -OCH3 is 1. The summed E-state index contributed by atoms with van der Waals surface area (Å²) in [6.45, 7) is 0. The second-order valence-electron chi connectivity index (χ2n) is 4.46. The standard InChI is InChI=1S/C14H9ClN2O4S/c1-21-14(20)11-8(4-5-22-11)17-12(18)9-6(15)2-3-7(16)10(9)13(17)19/h2-5H,16H2,1H3. The lowest BCUT2D eigenvalue weighted by molar-refractivity contribution is 0.0607. The van der Waals surface area contributed by atoms with E-state index in [1.807, 2.05) is 0 Å². The van der Waals surface area contributed by atoms with Gasteiger partial charge in [0.25, 0.3) is 11.8 Å². The number of hydrogen-bond donors (Lipinski definition) is 1. The largest absolute Gasteiger partial charge is 0.465 e. The molecule has 0 radical (unpaired) electrons. The summed E-state index contributed by atoms with van der Waals surface area (Å²) in [4.78, 5) is 37.9. The van der Waals surface area contributed by atoms with Gasteiger partial charge in [0.1, 0.15) is 4.88 Å². The van der Waals surface area contributed by atoms with Crippen molar-refractivity contribution < 1.29 is 19.1 Å². The van der Waals surface area contributed by atoms with Crippen LogP contribution in [0.4, 0.5) is 11.4 Å². The van der Waals surface area contributed by atoms with E-state index in [0.717, 1.165) is 16.2 Å². The van der Waals surface area contributed by atoms with Crippen LogP contribution >= 0.6 is 22.9 Å². The van der Waals surface area contributed by atoms with Gasteiger partial charge in [0.05, 0.1) is 28.9 Å². The molecule has 0 saturated heterocycles. The van der Waals surface area contributed by atoms with Gasteiger partial charge in [-0.05, 0) is 23.6 Å². The van der Waals surface area contributed by atoms with E-state index >= 15 is 0 Å². The van der Waals surface area contributed by atoms with Crippen molar-refractivity contribution in [2.75, 3.05) is 17.7 Å². The van der Waals surface area contributed by atoms with Crippen molar-refractivity contribution in [1.29, 1.82) is 0 Å². The molecule has 1 aliphatic rings. The Morgan fingerprint density at radius 2 is 1.91 bits per heavy atom. The van der Waals surface area contributed by atoms with Crippen LogP contribution in [0, 0.1) is 0 Å². The van der Waals surface area contributed by atoms with E-state index in [-0.39, 0.29) is 32.4 Å². The average Bonchev–Trinajstić information content (AvgIpc) is 3.06. The smallest absolute Gasteiger partial charge is 0.350 e. The number of carbonyl (C=O) groups excluding carboxylic acids is 3. The van der Waals surface area contributed by atoms with E-state index in [0.29, 0.717) is 0 Å². The number of anilines is 2. The van der Waals surface area contributed by atoms with E-state index < -0.39 is 17.8 Å². The number of fused-ring (bicyclic) bond motifs is 1. The Morgan fingerprint density at radius 1 is 1.23 bits per heavy atom. The van der Waals surface area contributed by atoms with Crippen LogP contribution in [0.15, 0.2) is 23.6 Å². The number of amides is 2. The van der Waals surface area contributed by atoms with Crippen LogP contribution in [0.2, 0.25) is 5.02 Å². The van der Waals surface area contributed by atoms with Gasteiger partial charge in [-0.15, -0.1) is 11.3 Å². The first-order valence-corrected chi connectivity index (χ1v) is 7.35. The number of ether oxygens (including phenoxy) is 1. The van der Waals surface area contributed by atoms with Crippen molar-refractivity contribution in [3.05, 3.63) is 44.6 Å². The molecule has 2 aromatic rings. The van der Waals surface area contributed by atoms with Crippen LogP contribution in [-0.2, 0) is 4.74 Å². The molecule has 0 unspecified atom stereocenters. The van der Waals surface area contributed by atoms with Crippen LogP contribution in [-0.4, -0.2) is 24.9 Å². The van der Waals surface area contributed by atoms with E-state index in [4.69, 9.17) is 17.3 Å². The maximum Gasteiger partial charge on any atom is 0.350 e. The fourth-order valence-corrected chi connectivity index (χ4v) is 3.32. The molecule has 22 heavy (non-hydrogen) atoms. The molecule has 1 aliphatic heterocycles. The molecule has 2 N–H and O–H groups in total. The Balaban J connectivity index is 2.17. The van der Waals surface area contributed by atoms with Crippen LogP contribution in [0.3, 0.4) is 0 Å². The fraction of sp³-hybridized carbons (Fsp3) is 0.0714. The number of thiophene rings is 1. The molecule has 0 fully saturated rings. The molecule has 6 nitrogen and oxygen atoms in total. The number of nitrogen functional groups attached to an aromatic ring is 1. The van der Waals surface area contributed by atoms with E-state index in [1.165, 1.54) is 25.3 Å². The topological polar surface area (TPSA) is 89.7 Å². The first-order chi connectivity index (χ1) is 10.5. The summed E-state index contributed by atoms with van der Waals surface area (Å²) in [7, 11) is 1.23. The first kappa shape index (κ1) is 14.6. The number of nitrogens with zero attached hydrogens (tertiary/aromatic N) is 1. The summed E-state index contributed by atoms with van der Waals surface area (Å²) >= 11 is 7.09. The highest BCUT2D eigenvalue weighted by Crippen LogP contribution is 2.38. The highest BCUT2D eigenvalue weighted by molar-refractivity contribution is 7.12. The van der Waals surface area contributed by atoms with Crippen molar-refractivity contribution >= 4 is 52.1 Å². The second kappa shape index (κ2) is 5.11. The summed E-state index contributed by atoms with van der Waals surface area (Å²) in [6.07, 6.45) is 0. The Hall–Kier alpha value is -2.38. The highest BCUT2D eigenvalue weighted by atomic mass is 35.5. The molecular weight excluding hydrogens is 328 g/mol. The summed E-state index contributed by atoms with van der Waals surface area (Å²) < 4.78 is 4.66. The lowest BCUT2D eigenvalue weighted by atomic mass is 10.1. The number of nitrogens with two attached hydrogens (primary N) is 1. The summed E-state index contributed by atoms with van der Waals surface area (Å²) in [5.74, 6) is -1.84. The number of esters is 1. The molecule has 8 heteroatoms. The van der Waals surface area contributed by atoms with Gasteiger partial charge >= 0.3 is 5.97 Å². The van der Waals surface area contributed by atoms with E-state index in [1.54, 1.807) is 5.38 Å². The first-order valence-electron chi connectivity index (χ1n) is 6.10. The van der Waals surface area contributed by atoms with Crippen LogP contribution in [0.1, 0.15) is 30.4 Å². The molecule has 0 saturated carbocycles. The monoisotopic (exact) mass is 336 g/mol. The minimum absolute atomic E-state index is 0.0497. The number of imide groups is 1. The van der Waals surface area contributed by atoms with Crippen LogP contribution < -0.4 is 10.6 Å². The molecule has 0 spiro atoms. The van der Waals surface area contributed by atoms with Gasteiger partial charge in [-0.2, -0.15) is 0 Å². The zero-order valence-electron chi connectivity index (χ0n) is 11.3. The molecule has 1 aromatic carbocycles. The van der Waals surface area contributed by atoms with Crippen LogP contribution in [0.5, 0.6) is 0 Å². The van der Waals surface area contributed by atoms with Crippen molar-refractivity contribution in [1.82, 2.24) is 0 Å². The predicted molar refractivity (Wildman–Crippen MR) is 82.7 cm³/mol. The zero-order chi connectivity index (χ0) is 16.0. The van der Waals surface area contributed by atoms with Crippen molar-refractivity contribution in [2.45, 2.75) is 0 Å². The molecule has 2 amide bonds. The van der Waals surface area contributed by atoms with Crippen molar-refractivity contribution in [3.8, 4) is 0 Å². The number of carbonyl (C=O) groups is 3. The Morgan fingerprint density at radius 3 is 2.55 bits per heavy atom. The SMILES string of the molecule is COC(=O)c1sccc1N1C(=O)c2c(N)ccc(Cl)c2C1=O. The third-order valence-electron chi connectivity index (χ3n) is 3.28. The van der Waals surface area contributed by atoms with Gasteiger partial charge in [0.15, 0.2) is 0 Å². The number of halogens is 1. The molecule has 112 valence electrons. The molecule has 2 heterocycles. The average molecular weight is 337 g/mol.